The number of amides is 1. The van der Waals surface area contributed by atoms with Gasteiger partial charge in [0.05, 0.1) is 20.6 Å². The maximum Gasteiger partial charge on any atom is 0.355 e. The molecule has 0 aromatic carbocycles. The highest BCUT2D eigenvalue weighted by molar-refractivity contribution is 5.93. The van der Waals surface area contributed by atoms with E-state index < -0.39 is 28.9 Å². The molecule has 1 aromatic heterocycles. The number of ether oxygens (including phenoxy) is 3. The molecule has 1 fully saturated rings. The highest BCUT2D eigenvalue weighted by atomic mass is 16.6. The Balaban J connectivity index is 2.67. The van der Waals surface area contributed by atoms with Gasteiger partial charge < -0.3 is 30.2 Å². The predicted molar refractivity (Wildman–Crippen MR) is 125 cm³/mol. The minimum Gasteiger partial charge on any atom is -0.469 e. The molecule has 10 heteroatoms. The normalized spacial score (nSPS) is 19.5. The third-order valence-electron chi connectivity index (χ3n) is 5.78. The number of hydrogen-bond donors (Lipinski definition) is 3. The number of hydrogen-bond acceptors (Lipinski definition) is 8. The molecule has 0 spiro atoms. The molecule has 0 saturated carbocycles. The maximum absolute atomic E-state index is 13.0. The number of allylic oxidation sites excluding steroid dienone is 1. The number of H-pyrrole nitrogens is 1. The average molecular weight is 478 g/mol. The van der Waals surface area contributed by atoms with Crippen molar-refractivity contribution in [3.05, 3.63) is 28.2 Å². The summed E-state index contributed by atoms with van der Waals surface area (Å²) >= 11 is 0. The Morgan fingerprint density at radius 2 is 1.71 bits per heavy atom. The Morgan fingerprint density at radius 1 is 1.09 bits per heavy atom. The van der Waals surface area contributed by atoms with Crippen LogP contribution >= 0.6 is 0 Å². The van der Waals surface area contributed by atoms with Gasteiger partial charge in [-0.05, 0) is 45.2 Å². The number of nitrogens with two attached hydrogens (primary N) is 1. The second-order valence-corrected chi connectivity index (χ2v) is 9.65. The van der Waals surface area contributed by atoms with Crippen molar-refractivity contribution in [1.82, 2.24) is 10.3 Å². The highest BCUT2D eigenvalue weighted by Crippen LogP contribution is 2.42. The van der Waals surface area contributed by atoms with E-state index in [-0.39, 0.29) is 43.8 Å². The van der Waals surface area contributed by atoms with Gasteiger partial charge in [0.25, 0.3) is 0 Å². The lowest BCUT2D eigenvalue weighted by atomic mass is 9.80. The first kappa shape index (κ1) is 27.1. The molecule has 34 heavy (non-hydrogen) atoms. The van der Waals surface area contributed by atoms with Gasteiger partial charge >= 0.3 is 17.9 Å². The lowest BCUT2D eigenvalue weighted by Gasteiger charge is -2.25. The summed E-state index contributed by atoms with van der Waals surface area (Å²) in [5.74, 6) is -1.68. The molecule has 1 aromatic rings. The van der Waals surface area contributed by atoms with Crippen molar-refractivity contribution >= 4 is 29.4 Å². The van der Waals surface area contributed by atoms with E-state index in [0.717, 1.165) is 0 Å². The number of carbonyl (C=O) groups excluding carboxylic acids is 4. The molecule has 0 bridgehead atoms. The van der Waals surface area contributed by atoms with Crippen molar-refractivity contribution in [3.8, 4) is 0 Å². The topological polar surface area (TPSA) is 150 Å². The fourth-order valence-corrected chi connectivity index (χ4v) is 4.17. The fraction of sp³-hybridized carbons (Fsp3) is 0.583. The number of methoxy groups -OCH3 is 2. The Kier molecular flexibility index (Phi) is 8.31. The largest absolute Gasteiger partial charge is 0.469 e. The SMILES string of the molecule is COC(=O)CCc1c(C(=O)OC(C)(C)C)[nH]c(/C(CN)=C2\NC(=O)C[C@@]2(C)CC(=O)OC)c1C. The highest BCUT2D eigenvalue weighted by Gasteiger charge is 2.43. The van der Waals surface area contributed by atoms with Crippen LogP contribution in [0.1, 0.15) is 74.3 Å². The lowest BCUT2D eigenvalue weighted by molar-refractivity contribution is -0.143. The molecule has 0 radical (unpaired) electrons. The van der Waals surface area contributed by atoms with Crippen LogP contribution in [0.4, 0.5) is 0 Å². The van der Waals surface area contributed by atoms with Crippen LogP contribution in [-0.4, -0.2) is 55.2 Å². The molecule has 0 aliphatic carbocycles. The predicted octanol–water partition coefficient (Wildman–Crippen LogP) is 2.14. The summed E-state index contributed by atoms with van der Waals surface area (Å²) in [6.45, 7) is 8.90. The van der Waals surface area contributed by atoms with E-state index in [0.29, 0.717) is 28.1 Å². The average Bonchev–Trinajstić information content (AvgIpc) is 3.21. The number of aromatic nitrogens is 1. The maximum atomic E-state index is 13.0. The zero-order valence-corrected chi connectivity index (χ0v) is 21.0. The van der Waals surface area contributed by atoms with E-state index in [1.165, 1.54) is 14.2 Å². The van der Waals surface area contributed by atoms with Gasteiger partial charge in [0.1, 0.15) is 11.3 Å². The summed E-state index contributed by atoms with van der Waals surface area (Å²) in [4.78, 5) is 52.4. The second kappa shape index (κ2) is 10.4. The molecular formula is C24H35N3O7. The van der Waals surface area contributed by atoms with Crippen molar-refractivity contribution in [1.29, 1.82) is 0 Å². The minimum absolute atomic E-state index is 0.0189. The number of nitrogens with one attached hydrogen (secondary N) is 2. The van der Waals surface area contributed by atoms with Crippen LogP contribution in [0, 0.1) is 12.3 Å². The van der Waals surface area contributed by atoms with Crippen LogP contribution in [0.25, 0.3) is 5.57 Å². The van der Waals surface area contributed by atoms with Crippen LogP contribution in [0.2, 0.25) is 0 Å². The second-order valence-electron chi connectivity index (χ2n) is 9.65. The van der Waals surface area contributed by atoms with Crippen LogP contribution in [0.15, 0.2) is 5.70 Å². The van der Waals surface area contributed by atoms with Gasteiger partial charge in [0.2, 0.25) is 5.91 Å². The molecule has 1 atom stereocenters. The van der Waals surface area contributed by atoms with Gasteiger partial charge in [-0.25, -0.2) is 4.79 Å². The standard InChI is InChI=1S/C24H35N3O7/c1-13-14(8-9-17(29)32-6)20(22(31)34-23(2,3)4)27-19(13)15(12-25)21-24(5,10-16(28)26-21)11-18(30)33-7/h27H,8-12,25H2,1-7H3,(H,26,28)/b21-15-/t24-/m0/s1. The number of rotatable bonds is 8. The molecule has 188 valence electrons. The molecule has 0 unspecified atom stereocenters. The summed E-state index contributed by atoms with van der Waals surface area (Å²) in [6, 6.07) is 0. The zero-order valence-electron chi connectivity index (χ0n) is 21.0. The molecule has 2 rings (SSSR count). The molecule has 10 nitrogen and oxygen atoms in total. The van der Waals surface area contributed by atoms with Gasteiger partial charge in [0, 0.05) is 41.8 Å². The Labute approximate surface area is 199 Å². The van der Waals surface area contributed by atoms with Gasteiger partial charge in [-0.2, -0.15) is 0 Å². The monoisotopic (exact) mass is 477 g/mol. The van der Waals surface area contributed by atoms with Crippen molar-refractivity contribution in [2.75, 3.05) is 20.8 Å². The summed E-state index contributed by atoms with van der Waals surface area (Å²) in [7, 11) is 2.59. The Hall–Kier alpha value is -3.14. The summed E-state index contributed by atoms with van der Waals surface area (Å²) in [5.41, 5.74) is 7.64. The number of carbonyl (C=O) groups is 4. The van der Waals surface area contributed by atoms with E-state index in [1.807, 2.05) is 0 Å². The zero-order chi connectivity index (χ0) is 25.8. The Morgan fingerprint density at radius 3 is 2.24 bits per heavy atom. The number of aromatic amines is 1. The van der Waals surface area contributed by atoms with Crippen molar-refractivity contribution in [2.24, 2.45) is 11.1 Å². The van der Waals surface area contributed by atoms with Crippen LogP contribution in [0.3, 0.4) is 0 Å². The van der Waals surface area contributed by atoms with Crippen molar-refractivity contribution in [3.63, 3.8) is 0 Å². The molecule has 4 N–H and O–H groups in total. The van der Waals surface area contributed by atoms with Crippen LogP contribution in [0.5, 0.6) is 0 Å². The van der Waals surface area contributed by atoms with Gasteiger partial charge in [-0.15, -0.1) is 0 Å². The van der Waals surface area contributed by atoms with E-state index in [2.05, 4.69) is 10.3 Å². The van der Waals surface area contributed by atoms with E-state index in [4.69, 9.17) is 19.9 Å². The third-order valence-corrected chi connectivity index (χ3v) is 5.78. The quantitative estimate of drug-likeness (QED) is 0.381. The van der Waals surface area contributed by atoms with Gasteiger partial charge in [-0.3, -0.25) is 14.4 Å². The third kappa shape index (κ3) is 6.05. The lowest BCUT2D eigenvalue weighted by Crippen LogP contribution is -2.26. The summed E-state index contributed by atoms with van der Waals surface area (Å²) in [6.07, 6.45) is 0.377. The first-order chi connectivity index (χ1) is 15.8. The van der Waals surface area contributed by atoms with Crippen molar-refractivity contribution in [2.45, 2.75) is 65.9 Å². The van der Waals surface area contributed by atoms with Crippen LogP contribution in [-0.2, 0) is 35.0 Å². The Bertz CT molecular complexity index is 1020. The smallest absolute Gasteiger partial charge is 0.355 e. The number of esters is 3. The van der Waals surface area contributed by atoms with E-state index in [1.54, 1.807) is 34.6 Å². The van der Waals surface area contributed by atoms with Crippen LogP contribution < -0.4 is 11.1 Å². The molecule has 1 aliphatic rings. The molecule has 1 amide bonds. The molecule has 2 heterocycles. The molecular weight excluding hydrogens is 442 g/mol. The van der Waals surface area contributed by atoms with E-state index in [9.17, 15) is 19.2 Å². The van der Waals surface area contributed by atoms with Gasteiger partial charge in [-0.1, -0.05) is 6.92 Å². The molecule has 1 saturated heterocycles. The molecule has 1 aliphatic heterocycles. The summed E-state index contributed by atoms with van der Waals surface area (Å²) in [5, 5.41) is 2.85. The van der Waals surface area contributed by atoms with Crippen molar-refractivity contribution < 1.29 is 33.4 Å². The minimum atomic E-state index is -0.852. The van der Waals surface area contributed by atoms with Gasteiger partial charge in [0.15, 0.2) is 0 Å². The van der Waals surface area contributed by atoms with E-state index >= 15 is 0 Å². The summed E-state index contributed by atoms with van der Waals surface area (Å²) < 4.78 is 15.1. The first-order valence-corrected chi connectivity index (χ1v) is 11.1. The first-order valence-electron chi connectivity index (χ1n) is 11.1. The fourth-order valence-electron chi connectivity index (χ4n) is 4.17.